The molecular formula is C17H22N2O6. The van der Waals surface area contributed by atoms with Crippen LogP contribution in [0.3, 0.4) is 0 Å². The number of aliphatic carboxylic acids is 1. The van der Waals surface area contributed by atoms with Crippen molar-refractivity contribution < 1.29 is 24.4 Å². The molecule has 0 bridgehead atoms. The zero-order valence-electron chi connectivity index (χ0n) is 14.5. The molecule has 1 N–H and O–H groups in total. The predicted octanol–water partition coefficient (Wildman–Crippen LogP) is 2.36. The molecule has 0 amide bonds. The van der Waals surface area contributed by atoms with Gasteiger partial charge >= 0.3 is 11.9 Å². The van der Waals surface area contributed by atoms with Crippen LogP contribution in [0.25, 0.3) is 0 Å². The molecule has 0 radical (unpaired) electrons. The van der Waals surface area contributed by atoms with Gasteiger partial charge in [-0.3, -0.25) is 15.0 Å². The molecule has 1 aliphatic rings. The first-order valence-electron chi connectivity index (χ1n) is 8.01. The van der Waals surface area contributed by atoms with Crippen LogP contribution in [-0.4, -0.2) is 44.6 Å². The molecule has 0 aliphatic carbocycles. The number of ether oxygens (including phenoxy) is 1. The van der Waals surface area contributed by atoms with Crippen molar-refractivity contribution in [1.29, 1.82) is 0 Å². The summed E-state index contributed by atoms with van der Waals surface area (Å²) in [5.74, 6) is -2.06. The summed E-state index contributed by atoms with van der Waals surface area (Å²) in [5, 5.41) is 20.7. The van der Waals surface area contributed by atoms with Crippen LogP contribution in [0.2, 0.25) is 0 Å². The largest absolute Gasteiger partial charge is 0.479 e. The number of carbonyl (C=O) groups is 2. The number of non-ortho nitro benzene ring substituents is 1. The molecule has 25 heavy (non-hydrogen) atoms. The molecule has 1 heterocycles. The number of rotatable bonds is 5. The number of nitrogens with zero attached hydrogens (tertiary/aromatic N) is 2. The molecule has 2 rings (SSSR count). The van der Waals surface area contributed by atoms with Crippen LogP contribution in [0.1, 0.15) is 39.2 Å². The Balaban J connectivity index is 2.32. The van der Waals surface area contributed by atoms with E-state index >= 15 is 0 Å². The van der Waals surface area contributed by atoms with Gasteiger partial charge < -0.3 is 9.84 Å². The summed E-state index contributed by atoms with van der Waals surface area (Å²) in [7, 11) is 0. The number of carboxylic acids is 1. The lowest BCUT2D eigenvalue weighted by Crippen LogP contribution is -2.58. The standard InChI is InChI=1S/C17H22N2O6/c1-16(2,3)25-15(22)17(14(20)21)8-5-9-18(17)11-12-6-4-7-13(10-12)19(23)24/h4,6-7,10H,5,8-9,11H2,1-3H3,(H,20,21)/t17-/m1/s1. The molecule has 1 saturated heterocycles. The van der Waals surface area contributed by atoms with Crippen molar-refractivity contribution in [3.8, 4) is 0 Å². The number of carboxylic acid groups (broad SMARTS) is 1. The second-order valence-corrected chi connectivity index (χ2v) is 7.12. The average molecular weight is 350 g/mol. The summed E-state index contributed by atoms with van der Waals surface area (Å²) in [6.07, 6.45) is 0.673. The number of likely N-dealkylation sites (tertiary alicyclic amines) is 1. The smallest absolute Gasteiger partial charge is 0.338 e. The SMILES string of the molecule is CC(C)(C)OC(=O)[C@]1(C(=O)O)CCCN1Cc1cccc([N+](=O)[O-])c1. The van der Waals surface area contributed by atoms with Crippen molar-refractivity contribution in [1.82, 2.24) is 4.90 Å². The Morgan fingerprint density at radius 3 is 2.64 bits per heavy atom. The van der Waals surface area contributed by atoms with E-state index in [1.807, 2.05) is 0 Å². The van der Waals surface area contributed by atoms with Crippen LogP contribution in [0, 0.1) is 10.1 Å². The first kappa shape index (κ1) is 18.9. The van der Waals surface area contributed by atoms with E-state index in [0.29, 0.717) is 18.5 Å². The minimum Gasteiger partial charge on any atom is -0.479 e. The van der Waals surface area contributed by atoms with Gasteiger partial charge in [0.2, 0.25) is 5.54 Å². The third-order valence-electron chi connectivity index (χ3n) is 4.09. The quantitative estimate of drug-likeness (QED) is 0.375. The summed E-state index contributed by atoms with van der Waals surface area (Å²) < 4.78 is 5.35. The Morgan fingerprint density at radius 2 is 2.08 bits per heavy atom. The maximum absolute atomic E-state index is 12.6. The van der Waals surface area contributed by atoms with Crippen molar-refractivity contribution in [2.45, 2.75) is 51.3 Å². The fourth-order valence-corrected chi connectivity index (χ4v) is 3.00. The van der Waals surface area contributed by atoms with Crippen molar-refractivity contribution in [3.05, 3.63) is 39.9 Å². The van der Waals surface area contributed by atoms with Crippen LogP contribution in [0.4, 0.5) is 5.69 Å². The molecule has 136 valence electrons. The number of nitro benzene ring substituents is 1. The van der Waals surface area contributed by atoms with E-state index in [0.717, 1.165) is 0 Å². The Labute approximate surface area is 145 Å². The molecule has 1 aromatic carbocycles. The van der Waals surface area contributed by atoms with Crippen LogP contribution in [-0.2, 0) is 20.9 Å². The lowest BCUT2D eigenvalue weighted by Gasteiger charge is -2.34. The van der Waals surface area contributed by atoms with Crippen molar-refractivity contribution in [3.63, 3.8) is 0 Å². The molecule has 1 aliphatic heterocycles. The van der Waals surface area contributed by atoms with Gasteiger partial charge in [0.25, 0.3) is 5.69 Å². The Hall–Kier alpha value is -2.48. The van der Waals surface area contributed by atoms with Gasteiger partial charge in [0.1, 0.15) is 5.60 Å². The van der Waals surface area contributed by atoms with E-state index < -0.39 is 28.0 Å². The van der Waals surface area contributed by atoms with Gasteiger partial charge in [-0.05, 0) is 39.2 Å². The summed E-state index contributed by atoms with van der Waals surface area (Å²) in [6.45, 7) is 5.56. The Morgan fingerprint density at radius 1 is 1.40 bits per heavy atom. The molecule has 8 heteroatoms. The molecule has 8 nitrogen and oxygen atoms in total. The zero-order chi connectivity index (χ0) is 18.8. The minimum atomic E-state index is -1.77. The molecule has 1 aromatic rings. The van der Waals surface area contributed by atoms with Crippen molar-refractivity contribution in [2.24, 2.45) is 0 Å². The topological polar surface area (TPSA) is 110 Å². The van der Waals surface area contributed by atoms with E-state index in [2.05, 4.69) is 0 Å². The Bertz CT molecular complexity index is 697. The van der Waals surface area contributed by atoms with Gasteiger partial charge in [-0.2, -0.15) is 0 Å². The minimum absolute atomic E-state index is 0.0742. The second kappa shape index (κ2) is 6.79. The number of hydrogen-bond acceptors (Lipinski definition) is 6. The van der Waals surface area contributed by atoms with E-state index in [-0.39, 0.29) is 18.7 Å². The van der Waals surface area contributed by atoms with E-state index in [1.165, 1.54) is 17.0 Å². The predicted molar refractivity (Wildman–Crippen MR) is 89.0 cm³/mol. The van der Waals surface area contributed by atoms with E-state index in [1.54, 1.807) is 32.9 Å². The monoisotopic (exact) mass is 350 g/mol. The van der Waals surface area contributed by atoms with E-state index in [4.69, 9.17) is 4.74 Å². The number of carbonyl (C=O) groups excluding carboxylic acids is 1. The Kier molecular flexibility index (Phi) is 5.12. The lowest BCUT2D eigenvalue weighted by atomic mass is 9.95. The average Bonchev–Trinajstić information content (AvgIpc) is 2.90. The summed E-state index contributed by atoms with van der Waals surface area (Å²) in [5.41, 5.74) is -2.07. The van der Waals surface area contributed by atoms with Gasteiger partial charge in [0.15, 0.2) is 0 Å². The first-order valence-corrected chi connectivity index (χ1v) is 8.01. The third kappa shape index (κ3) is 3.96. The van der Waals surface area contributed by atoms with Crippen LogP contribution in [0.15, 0.2) is 24.3 Å². The molecule has 1 atom stereocenters. The highest BCUT2D eigenvalue weighted by Crippen LogP contribution is 2.34. The molecular weight excluding hydrogens is 328 g/mol. The van der Waals surface area contributed by atoms with Crippen molar-refractivity contribution >= 4 is 17.6 Å². The summed E-state index contributed by atoms with van der Waals surface area (Å²) >= 11 is 0. The summed E-state index contributed by atoms with van der Waals surface area (Å²) in [6, 6.07) is 5.97. The van der Waals surface area contributed by atoms with Crippen LogP contribution < -0.4 is 0 Å². The highest BCUT2D eigenvalue weighted by atomic mass is 16.6. The highest BCUT2D eigenvalue weighted by molar-refractivity contribution is 6.04. The van der Waals surface area contributed by atoms with Crippen LogP contribution >= 0.6 is 0 Å². The summed E-state index contributed by atoms with van der Waals surface area (Å²) in [4.78, 5) is 36.6. The lowest BCUT2D eigenvalue weighted by molar-refractivity contribution is -0.384. The molecule has 0 spiro atoms. The van der Waals surface area contributed by atoms with Crippen molar-refractivity contribution in [2.75, 3.05) is 6.54 Å². The van der Waals surface area contributed by atoms with Gasteiger partial charge in [-0.1, -0.05) is 12.1 Å². The second-order valence-electron chi connectivity index (χ2n) is 7.12. The highest BCUT2D eigenvalue weighted by Gasteiger charge is 2.56. The van der Waals surface area contributed by atoms with Gasteiger partial charge in [-0.25, -0.2) is 9.59 Å². The van der Waals surface area contributed by atoms with Gasteiger partial charge in [0.05, 0.1) is 4.92 Å². The molecule has 0 unspecified atom stereocenters. The van der Waals surface area contributed by atoms with Gasteiger partial charge in [-0.15, -0.1) is 0 Å². The maximum atomic E-state index is 12.6. The first-order chi connectivity index (χ1) is 11.6. The zero-order valence-corrected chi connectivity index (χ0v) is 14.5. The maximum Gasteiger partial charge on any atom is 0.338 e. The van der Waals surface area contributed by atoms with Crippen LogP contribution in [0.5, 0.6) is 0 Å². The number of benzene rings is 1. The van der Waals surface area contributed by atoms with Gasteiger partial charge in [0, 0.05) is 25.2 Å². The molecule has 1 fully saturated rings. The molecule has 0 saturated carbocycles. The fourth-order valence-electron chi connectivity index (χ4n) is 3.00. The molecule has 0 aromatic heterocycles. The van der Waals surface area contributed by atoms with E-state index in [9.17, 15) is 24.8 Å². The number of nitro groups is 1. The third-order valence-corrected chi connectivity index (χ3v) is 4.09. The number of hydrogen-bond donors (Lipinski definition) is 1. The fraction of sp³-hybridized carbons (Fsp3) is 0.529. The normalized spacial score (nSPS) is 21.1. The number of esters is 1.